The normalized spacial score (nSPS) is 20.8. The highest BCUT2D eigenvalue weighted by Gasteiger charge is 2.31. The van der Waals surface area contributed by atoms with Gasteiger partial charge < -0.3 is 10.0 Å². The third-order valence-electron chi connectivity index (χ3n) is 4.19. The van der Waals surface area contributed by atoms with Crippen molar-refractivity contribution in [3.05, 3.63) is 33.7 Å². The fraction of sp³-hybridized carbons (Fsp3) is 0.500. The van der Waals surface area contributed by atoms with Crippen molar-refractivity contribution in [3.8, 4) is 0 Å². The Kier molecular flexibility index (Phi) is 5.43. The van der Waals surface area contributed by atoms with Gasteiger partial charge in [-0.05, 0) is 12.3 Å². The first-order valence-corrected chi connectivity index (χ1v) is 10.0. The molecule has 9 heteroatoms. The van der Waals surface area contributed by atoms with E-state index in [-0.39, 0.29) is 29.7 Å². The van der Waals surface area contributed by atoms with Crippen LogP contribution in [0.3, 0.4) is 0 Å². The molecule has 1 N–H and O–H groups in total. The molecule has 2 aromatic rings. The number of carbonyl (C=O) groups is 2. The number of nitrogens with zero attached hydrogens (tertiary/aromatic N) is 3. The van der Waals surface area contributed by atoms with Crippen LogP contribution in [0.25, 0.3) is 4.96 Å². The fourth-order valence-corrected chi connectivity index (χ4v) is 4.59. The van der Waals surface area contributed by atoms with Crippen LogP contribution in [-0.2, 0) is 15.3 Å². The van der Waals surface area contributed by atoms with Crippen molar-refractivity contribution in [3.63, 3.8) is 0 Å². The zero-order valence-electron chi connectivity index (χ0n) is 13.8. The van der Waals surface area contributed by atoms with Crippen LogP contribution in [0.15, 0.2) is 22.4 Å². The molecule has 2 aromatic heterocycles. The van der Waals surface area contributed by atoms with Gasteiger partial charge in [0.25, 0.3) is 5.56 Å². The molecule has 0 bridgehead atoms. The fourth-order valence-electron chi connectivity index (χ4n) is 3.03. The second-order valence-corrected chi connectivity index (χ2v) is 8.17. The third-order valence-corrected chi connectivity index (χ3v) is 5.90. The van der Waals surface area contributed by atoms with E-state index < -0.39 is 11.9 Å². The zero-order valence-corrected chi connectivity index (χ0v) is 15.4. The van der Waals surface area contributed by atoms with Crippen molar-refractivity contribution < 1.29 is 14.7 Å². The van der Waals surface area contributed by atoms with E-state index in [4.69, 9.17) is 0 Å². The van der Waals surface area contributed by atoms with Crippen LogP contribution in [0, 0.1) is 11.8 Å². The van der Waals surface area contributed by atoms with E-state index in [1.54, 1.807) is 16.5 Å². The zero-order chi connectivity index (χ0) is 18.0. The van der Waals surface area contributed by atoms with E-state index >= 15 is 0 Å². The van der Waals surface area contributed by atoms with E-state index in [9.17, 15) is 19.5 Å². The van der Waals surface area contributed by atoms with Crippen LogP contribution < -0.4 is 5.56 Å². The number of rotatable bonds is 5. The Hall–Kier alpha value is -1.87. The SMILES string of the molecule is CC1CC(C(=O)O)CN(C(=O)CSCc2cc(=O)n3ccsc3n2)C1. The number of likely N-dealkylation sites (tertiary alicyclic amines) is 1. The second kappa shape index (κ2) is 7.57. The van der Waals surface area contributed by atoms with Crippen LogP contribution in [0.4, 0.5) is 0 Å². The number of amides is 1. The molecule has 3 rings (SSSR count). The lowest BCUT2D eigenvalue weighted by Crippen LogP contribution is -2.46. The lowest BCUT2D eigenvalue weighted by molar-refractivity contribution is -0.146. The summed E-state index contributed by atoms with van der Waals surface area (Å²) >= 11 is 2.79. The molecule has 3 heterocycles. The van der Waals surface area contributed by atoms with Crippen molar-refractivity contribution in [1.82, 2.24) is 14.3 Å². The van der Waals surface area contributed by atoms with Crippen LogP contribution in [0.5, 0.6) is 0 Å². The number of carboxylic acids is 1. The Morgan fingerprint density at radius 3 is 3.00 bits per heavy atom. The maximum atomic E-state index is 12.4. The highest BCUT2D eigenvalue weighted by molar-refractivity contribution is 7.99. The molecule has 1 fully saturated rings. The van der Waals surface area contributed by atoms with Crippen LogP contribution >= 0.6 is 23.1 Å². The largest absolute Gasteiger partial charge is 0.481 e. The van der Waals surface area contributed by atoms with Crippen molar-refractivity contribution in [2.24, 2.45) is 11.8 Å². The standard InChI is InChI=1S/C16H19N3O4S2/c1-10-4-11(15(22)23)7-18(6-10)14(21)9-24-8-12-5-13(20)19-2-3-25-16(19)17-12/h2-3,5,10-11H,4,6-9H2,1H3,(H,22,23). The number of carbonyl (C=O) groups excluding carboxylic acids is 1. The van der Waals surface area contributed by atoms with E-state index in [0.29, 0.717) is 29.4 Å². The molecule has 0 aromatic carbocycles. The molecule has 1 saturated heterocycles. The number of aromatic nitrogens is 2. The summed E-state index contributed by atoms with van der Waals surface area (Å²) in [5.41, 5.74) is 0.531. The minimum Gasteiger partial charge on any atom is -0.481 e. The Morgan fingerprint density at radius 1 is 1.44 bits per heavy atom. The van der Waals surface area contributed by atoms with Crippen LogP contribution in [0.2, 0.25) is 0 Å². The van der Waals surface area contributed by atoms with Crippen LogP contribution in [-0.4, -0.2) is 50.1 Å². The minimum absolute atomic E-state index is 0.0586. The first kappa shape index (κ1) is 17.9. The first-order valence-electron chi connectivity index (χ1n) is 7.98. The number of carboxylic acid groups (broad SMARTS) is 1. The van der Waals surface area contributed by atoms with Gasteiger partial charge in [0.1, 0.15) is 0 Å². The quantitative estimate of drug-likeness (QED) is 0.845. The predicted molar refractivity (Wildman–Crippen MR) is 97.0 cm³/mol. The summed E-state index contributed by atoms with van der Waals surface area (Å²) in [6, 6.07) is 1.49. The molecule has 2 atom stereocenters. The van der Waals surface area contributed by atoms with Crippen molar-refractivity contribution >= 4 is 39.9 Å². The van der Waals surface area contributed by atoms with Gasteiger partial charge in [0, 0.05) is 36.5 Å². The maximum absolute atomic E-state index is 12.4. The van der Waals surface area contributed by atoms with E-state index in [0.717, 1.165) is 0 Å². The monoisotopic (exact) mass is 381 g/mol. The maximum Gasteiger partial charge on any atom is 0.308 e. The summed E-state index contributed by atoms with van der Waals surface area (Å²) in [5.74, 6) is -0.471. The van der Waals surface area contributed by atoms with E-state index in [1.807, 2.05) is 6.92 Å². The summed E-state index contributed by atoms with van der Waals surface area (Å²) in [7, 11) is 0. The lowest BCUT2D eigenvalue weighted by atomic mass is 9.90. The Bertz CT molecular complexity index is 847. The lowest BCUT2D eigenvalue weighted by Gasteiger charge is -2.34. The average Bonchev–Trinajstić information content (AvgIpc) is 3.03. The highest BCUT2D eigenvalue weighted by atomic mass is 32.2. The van der Waals surface area contributed by atoms with Gasteiger partial charge in [-0.2, -0.15) is 0 Å². The number of fused-ring (bicyclic) bond motifs is 1. The van der Waals surface area contributed by atoms with Gasteiger partial charge >= 0.3 is 5.97 Å². The van der Waals surface area contributed by atoms with Crippen LogP contribution in [0.1, 0.15) is 19.0 Å². The Balaban J connectivity index is 1.56. The van der Waals surface area contributed by atoms with E-state index in [2.05, 4.69) is 4.98 Å². The molecule has 0 spiro atoms. The van der Waals surface area contributed by atoms with Gasteiger partial charge in [0.05, 0.1) is 17.4 Å². The van der Waals surface area contributed by atoms with Gasteiger partial charge in [0.2, 0.25) is 5.91 Å². The predicted octanol–water partition coefficient (Wildman–Crippen LogP) is 1.56. The molecule has 2 unspecified atom stereocenters. The molecule has 1 amide bonds. The number of aliphatic carboxylic acids is 1. The summed E-state index contributed by atoms with van der Waals surface area (Å²) < 4.78 is 1.49. The summed E-state index contributed by atoms with van der Waals surface area (Å²) in [5, 5.41) is 11.0. The second-order valence-electron chi connectivity index (χ2n) is 6.31. The van der Waals surface area contributed by atoms with Gasteiger partial charge in [-0.1, -0.05) is 6.92 Å². The average molecular weight is 381 g/mol. The van der Waals surface area contributed by atoms with Gasteiger partial charge in [-0.15, -0.1) is 23.1 Å². The molecule has 7 nitrogen and oxygen atoms in total. The number of thiazole rings is 1. The molecule has 1 aliphatic rings. The van der Waals surface area contributed by atoms with E-state index in [1.165, 1.54) is 33.6 Å². The first-order chi connectivity index (χ1) is 11.9. The topological polar surface area (TPSA) is 92.0 Å². The highest BCUT2D eigenvalue weighted by Crippen LogP contribution is 2.23. The third kappa shape index (κ3) is 4.21. The molecule has 0 saturated carbocycles. The number of thioether (sulfide) groups is 1. The summed E-state index contributed by atoms with van der Waals surface area (Å²) in [6.07, 6.45) is 2.30. The molecule has 0 radical (unpaired) electrons. The molecular formula is C16H19N3O4S2. The van der Waals surface area contributed by atoms with Gasteiger partial charge in [0.15, 0.2) is 4.96 Å². The smallest absolute Gasteiger partial charge is 0.308 e. The minimum atomic E-state index is -0.842. The Labute approximate surface area is 152 Å². The number of hydrogen-bond acceptors (Lipinski definition) is 6. The molecule has 0 aliphatic carbocycles. The van der Waals surface area contributed by atoms with Gasteiger partial charge in [-0.3, -0.25) is 18.8 Å². The van der Waals surface area contributed by atoms with Crippen molar-refractivity contribution in [2.45, 2.75) is 19.1 Å². The summed E-state index contributed by atoms with van der Waals surface area (Å²) in [6.45, 7) is 2.85. The molecular weight excluding hydrogens is 362 g/mol. The summed E-state index contributed by atoms with van der Waals surface area (Å²) in [4.78, 5) is 42.2. The molecule has 134 valence electrons. The molecule has 1 aliphatic heterocycles. The Morgan fingerprint density at radius 2 is 2.24 bits per heavy atom. The number of hydrogen-bond donors (Lipinski definition) is 1. The van der Waals surface area contributed by atoms with Gasteiger partial charge in [-0.25, -0.2) is 4.98 Å². The van der Waals surface area contributed by atoms with Crippen molar-refractivity contribution in [2.75, 3.05) is 18.8 Å². The number of piperidine rings is 1. The van der Waals surface area contributed by atoms with Crippen molar-refractivity contribution in [1.29, 1.82) is 0 Å². The molecule has 25 heavy (non-hydrogen) atoms.